The Morgan fingerprint density at radius 2 is 1.58 bits per heavy atom. The maximum atomic E-state index is 9.02. The van der Waals surface area contributed by atoms with Crippen LogP contribution in [0, 0.1) is 32.6 Å². The van der Waals surface area contributed by atoms with Crippen molar-refractivity contribution in [2.24, 2.45) is 18.9 Å². The van der Waals surface area contributed by atoms with Crippen LogP contribution in [-0.2, 0) is 7.05 Å². The zero-order chi connectivity index (χ0) is 24.7. The molecule has 1 heteroatoms. The fourth-order valence-electron chi connectivity index (χ4n) is 6.38. The summed E-state index contributed by atoms with van der Waals surface area (Å²) in [7, 11) is 2.14. The average molecular weight is 444 g/mol. The smallest absolute Gasteiger partial charge is 0.198 e. The van der Waals surface area contributed by atoms with Crippen molar-refractivity contribution >= 4 is 10.8 Å². The van der Waals surface area contributed by atoms with Crippen LogP contribution in [0.1, 0.15) is 101 Å². The molecule has 0 N–H and O–H groups in total. The molecule has 0 spiro atoms. The van der Waals surface area contributed by atoms with Crippen molar-refractivity contribution in [1.29, 1.82) is 0 Å². The zero-order valence-electron chi connectivity index (χ0n) is 23.2. The van der Waals surface area contributed by atoms with Gasteiger partial charge in [-0.15, -0.1) is 0 Å². The van der Waals surface area contributed by atoms with E-state index in [4.69, 9.17) is 1.37 Å². The number of hydrogen-bond donors (Lipinski definition) is 0. The van der Waals surface area contributed by atoms with Gasteiger partial charge in [0, 0.05) is 13.0 Å². The number of benzene rings is 2. The van der Waals surface area contributed by atoms with E-state index in [1.165, 1.54) is 71.0 Å². The number of hydrogen-bond acceptors (Lipinski definition) is 0. The van der Waals surface area contributed by atoms with Crippen LogP contribution in [0.25, 0.3) is 22.0 Å². The van der Waals surface area contributed by atoms with Gasteiger partial charge in [-0.2, -0.15) is 4.57 Å². The molecule has 0 aliphatic heterocycles. The highest BCUT2D eigenvalue weighted by Gasteiger charge is 2.25. The third kappa shape index (κ3) is 4.61. The summed E-state index contributed by atoms with van der Waals surface area (Å²) in [5.74, 6) is 2.33. The molecule has 2 aromatic carbocycles. The van der Waals surface area contributed by atoms with Crippen molar-refractivity contribution in [3.8, 4) is 11.3 Å². The van der Waals surface area contributed by atoms with E-state index in [0.717, 1.165) is 11.1 Å². The molecule has 0 atom stereocenters. The SMILES string of the molecule is [2H]c1c(C)[n+](C)c(-c2cc(C3CCCCC3)cc(C)c2C)c2ccc(C(C(C)C)C(C)C)cc12. The largest absolute Gasteiger partial charge is 0.220 e. The van der Waals surface area contributed by atoms with Crippen LogP contribution in [0.5, 0.6) is 0 Å². The van der Waals surface area contributed by atoms with Crippen molar-refractivity contribution in [3.63, 3.8) is 0 Å². The van der Waals surface area contributed by atoms with Gasteiger partial charge in [0.25, 0.3) is 0 Å². The van der Waals surface area contributed by atoms with E-state index in [1.807, 2.05) is 0 Å². The van der Waals surface area contributed by atoms with E-state index < -0.39 is 0 Å². The Morgan fingerprint density at radius 3 is 2.21 bits per heavy atom. The summed E-state index contributed by atoms with van der Waals surface area (Å²) in [5.41, 5.74) is 9.26. The second-order valence-corrected chi connectivity index (χ2v) is 11.3. The standard InChI is InChI=1S/C32H44N/c1-20(2)31(21(3)4)26-14-15-29-28(18-26)17-23(6)33(8)32(29)30-19-27(16-22(5)24(30)7)25-12-10-9-11-13-25/h14-21,25,31H,9-13H2,1-8H3/q+1/i17D. The Kier molecular flexibility index (Phi) is 6.59. The van der Waals surface area contributed by atoms with Crippen molar-refractivity contribution in [2.45, 2.75) is 92.4 Å². The van der Waals surface area contributed by atoms with Crippen LogP contribution in [0.15, 0.2) is 36.4 Å². The van der Waals surface area contributed by atoms with Crippen molar-refractivity contribution in [2.75, 3.05) is 0 Å². The molecule has 1 saturated carbocycles. The van der Waals surface area contributed by atoms with Crippen molar-refractivity contribution < 1.29 is 5.94 Å². The van der Waals surface area contributed by atoms with Crippen molar-refractivity contribution in [1.82, 2.24) is 0 Å². The van der Waals surface area contributed by atoms with Gasteiger partial charge in [0.05, 0.1) is 12.3 Å². The lowest BCUT2D eigenvalue weighted by molar-refractivity contribution is -0.665. The molecule has 0 saturated heterocycles. The molecule has 1 aromatic heterocycles. The van der Waals surface area contributed by atoms with E-state index >= 15 is 0 Å². The lowest BCUT2D eigenvalue weighted by Gasteiger charge is -2.26. The van der Waals surface area contributed by atoms with Gasteiger partial charge in [-0.3, -0.25) is 0 Å². The first-order valence-corrected chi connectivity index (χ1v) is 13.2. The van der Waals surface area contributed by atoms with E-state index in [0.29, 0.717) is 29.7 Å². The third-order valence-electron chi connectivity index (χ3n) is 8.30. The Bertz CT molecular complexity index is 1190. The first-order chi connectivity index (χ1) is 16.1. The van der Waals surface area contributed by atoms with Gasteiger partial charge in [0.2, 0.25) is 5.69 Å². The summed E-state index contributed by atoms with van der Waals surface area (Å²) in [4.78, 5) is 0. The Hall–Kier alpha value is -2.15. The lowest BCUT2D eigenvalue weighted by Crippen LogP contribution is -2.35. The summed E-state index contributed by atoms with van der Waals surface area (Å²) in [6.45, 7) is 15.9. The molecule has 0 amide bonds. The van der Waals surface area contributed by atoms with E-state index in [2.05, 4.69) is 90.4 Å². The maximum Gasteiger partial charge on any atom is 0.220 e. The van der Waals surface area contributed by atoms with Gasteiger partial charge in [-0.05, 0) is 90.1 Å². The molecule has 1 heterocycles. The molecule has 0 radical (unpaired) electrons. The van der Waals surface area contributed by atoms with Crippen molar-refractivity contribution in [3.05, 3.63) is 64.3 Å². The minimum absolute atomic E-state index is 0.500. The molecule has 33 heavy (non-hydrogen) atoms. The molecule has 4 rings (SSSR count). The van der Waals surface area contributed by atoms with Gasteiger partial charge >= 0.3 is 0 Å². The van der Waals surface area contributed by atoms with Gasteiger partial charge in [-0.1, -0.05) is 65.2 Å². The van der Waals surface area contributed by atoms with Crippen LogP contribution >= 0.6 is 0 Å². The number of aryl methyl sites for hydroxylation is 1. The van der Waals surface area contributed by atoms with E-state index in [9.17, 15) is 0 Å². The third-order valence-corrected chi connectivity index (χ3v) is 8.30. The minimum atomic E-state index is 0.500. The molecule has 0 bridgehead atoms. The van der Waals surface area contributed by atoms with Gasteiger partial charge < -0.3 is 0 Å². The highest BCUT2D eigenvalue weighted by Crippen LogP contribution is 2.39. The zero-order valence-corrected chi connectivity index (χ0v) is 22.2. The minimum Gasteiger partial charge on any atom is -0.198 e. The molecule has 3 aromatic rings. The molecular weight excluding hydrogens is 398 g/mol. The molecule has 1 nitrogen and oxygen atoms in total. The quantitative estimate of drug-likeness (QED) is 0.347. The predicted octanol–water partition coefficient (Wildman–Crippen LogP) is 8.70. The van der Waals surface area contributed by atoms with Crippen LogP contribution in [0.3, 0.4) is 0 Å². The predicted molar refractivity (Wildman–Crippen MR) is 143 cm³/mol. The summed E-state index contributed by atoms with van der Waals surface area (Å²) < 4.78 is 11.3. The fourth-order valence-corrected chi connectivity index (χ4v) is 6.38. The second kappa shape index (κ2) is 9.61. The number of pyridine rings is 1. The summed E-state index contributed by atoms with van der Waals surface area (Å²) in [6.07, 6.45) is 6.72. The normalized spacial score (nSPS) is 15.8. The fraction of sp³-hybridized carbons (Fsp3) is 0.531. The topological polar surface area (TPSA) is 3.88 Å². The first kappa shape index (κ1) is 22.6. The molecule has 176 valence electrons. The van der Waals surface area contributed by atoms with Crippen LogP contribution in [-0.4, -0.2) is 0 Å². The summed E-state index contributed by atoms with van der Waals surface area (Å²) in [6, 6.07) is 12.5. The number of nitrogens with zero attached hydrogens (tertiary/aromatic N) is 1. The molecular formula is C32H44N+. The molecule has 1 aliphatic carbocycles. The van der Waals surface area contributed by atoms with Gasteiger partial charge in [0.1, 0.15) is 7.05 Å². The van der Waals surface area contributed by atoms with Gasteiger partial charge in [0.15, 0.2) is 5.69 Å². The van der Waals surface area contributed by atoms with E-state index in [-0.39, 0.29) is 0 Å². The monoisotopic (exact) mass is 443 g/mol. The maximum absolute atomic E-state index is 9.02. The Labute approximate surface area is 203 Å². The molecule has 0 unspecified atom stereocenters. The van der Waals surface area contributed by atoms with Crippen LogP contribution in [0.2, 0.25) is 0 Å². The van der Waals surface area contributed by atoms with Gasteiger partial charge in [-0.25, -0.2) is 0 Å². The Balaban J connectivity index is 1.97. The molecule has 1 aliphatic rings. The van der Waals surface area contributed by atoms with Crippen LogP contribution in [0.4, 0.5) is 0 Å². The number of rotatable bonds is 5. The number of aromatic nitrogens is 1. The average Bonchev–Trinajstić information content (AvgIpc) is 2.80. The first-order valence-electron chi connectivity index (χ1n) is 13.7. The Morgan fingerprint density at radius 1 is 0.909 bits per heavy atom. The second-order valence-electron chi connectivity index (χ2n) is 11.3. The molecule has 1 fully saturated rings. The summed E-state index contributed by atoms with van der Waals surface area (Å²) in [5, 5.41) is 2.30. The summed E-state index contributed by atoms with van der Waals surface area (Å²) >= 11 is 0. The highest BCUT2D eigenvalue weighted by atomic mass is 14.9. The lowest BCUT2D eigenvalue weighted by atomic mass is 9.79. The highest BCUT2D eigenvalue weighted by molar-refractivity contribution is 5.94. The van der Waals surface area contributed by atoms with E-state index in [1.54, 1.807) is 0 Å². The van der Waals surface area contributed by atoms with Crippen LogP contribution < -0.4 is 4.57 Å². The number of fused-ring (bicyclic) bond motifs is 1.